The lowest BCUT2D eigenvalue weighted by molar-refractivity contribution is -0.116. The maximum absolute atomic E-state index is 12.0. The topological polar surface area (TPSA) is 81.1 Å². The Kier molecular flexibility index (Phi) is 5.70. The monoisotopic (exact) mass is 333 g/mol. The normalized spacial score (nSPS) is 11.7. The van der Waals surface area contributed by atoms with Gasteiger partial charge >= 0.3 is 0 Å². The third kappa shape index (κ3) is 6.07. The highest BCUT2D eigenvalue weighted by molar-refractivity contribution is 7.90. The molecule has 1 amide bonds. The van der Waals surface area contributed by atoms with E-state index in [1.807, 2.05) is 6.07 Å². The van der Waals surface area contributed by atoms with Gasteiger partial charge in [-0.25, -0.2) is 8.42 Å². The molecular weight excluding hydrogens is 314 g/mol. The van der Waals surface area contributed by atoms with E-state index in [1.165, 1.54) is 6.08 Å². The summed E-state index contributed by atoms with van der Waals surface area (Å²) in [6, 6.07) is 8.98. The fourth-order valence-corrected chi connectivity index (χ4v) is 3.24. The summed E-state index contributed by atoms with van der Waals surface area (Å²) in [5.41, 5.74) is 1.55. The molecule has 0 radical (unpaired) electrons. The smallest absolute Gasteiger partial charge is 0.244 e. The molecule has 0 fully saturated rings. The molecule has 2 rings (SSSR count). The Morgan fingerprint density at radius 1 is 1.30 bits per heavy atom. The molecule has 122 valence electrons. The van der Waals surface area contributed by atoms with Gasteiger partial charge in [0, 0.05) is 31.4 Å². The first kappa shape index (κ1) is 17.0. The average Bonchev–Trinajstić information content (AvgIpc) is 2.91. The molecule has 0 atom stereocenters. The fraction of sp³-hybridized carbons (Fsp3) is 0.250. The highest BCUT2D eigenvalue weighted by Crippen LogP contribution is 2.05. The van der Waals surface area contributed by atoms with Gasteiger partial charge in [-0.1, -0.05) is 30.3 Å². The number of hydrogen-bond acceptors (Lipinski definition) is 4. The Hall–Kier alpha value is -2.41. The zero-order valence-corrected chi connectivity index (χ0v) is 13.7. The second-order valence-electron chi connectivity index (χ2n) is 5.15. The molecule has 6 nitrogen and oxygen atoms in total. The van der Waals surface area contributed by atoms with Gasteiger partial charge in [-0.2, -0.15) is 5.10 Å². The van der Waals surface area contributed by atoms with Crippen LogP contribution in [-0.4, -0.2) is 36.4 Å². The van der Waals surface area contributed by atoms with Crippen LogP contribution in [0, 0.1) is 0 Å². The number of nitrogens with zero attached hydrogens (tertiary/aromatic N) is 2. The number of aryl methyl sites for hydroxylation is 1. The Morgan fingerprint density at radius 2 is 2.04 bits per heavy atom. The summed E-state index contributed by atoms with van der Waals surface area (Å²) in [6.07, 6.45) is 6.39. The molecular formula is C16H19N3O3S. The molecule has 0 saturated heterocycles. The van der Waals surface area contributed by atoms with E-state index in [1.54, 1.807) is 54.5 Å². The molecule has 1 aromatic carbocycles. The predicted molar refractivity (Wildman–Crippen MR) is 89.2 cm³/mol. The Morgan fingerprint density at radius 3 is 2.70 bits per heavy atom. The van der Waals surface area contributed by atoms with Gasteiger partial charge in [-0.05, 0) is 11.6 Å². The lowest BCUT2D eigenvalue weighted by atomic mass is 10.2. The molecule has 0 aliphatic heterocycles. The van der Waals surface area contributed by atoms with Crippen molar-refractivity contribution in [3.63, 3.8) is 0 Å². The Bertz CT molecular complexity index is 780. The first-order valence-electron chi connectivity index (χ1n) is 7.13. The molecule has 0 spiro atoms. The number of carbonyl (C=O) groups is 1. The summed E-state index contributed by atoms with van der Waals surface area (Å²) < 4.78 is 25.6. The number of nitrogens with one attached hydrogen (secondary N) is 1. The Labute approximate surface area is 135 Å². The number of sulfone groups is 1. The molecule has 0 unspecified atom stereocenters. The molecule has 1 aromatic heterocycles. The zero-order valence-electron chi connectivity index (χ0n) is 12.8. The molecule has 2 aromatic rings. The van der Waals surface area contributed by atoms with Crippen LogP contribution in [0.1, 0.15) is 11.1 Å². The van der Waals surface area contributed by atoms with Crippen LogP contribution in [0.2, 0.25) is 0 Å². The van der Waals surface area contributed by atoms with E-state index in [9.17, 15) is 13.2 Å². The van der Waals surface area contributed by atoms with Gasteiger partial charge in [-0.3, -0.25) is 9.48 Å². The van der Waals surface area contributed by atoms with Crippen molar-refractivity contribution in [3.05, 3.63) is 59.9 Å². The second-order valence-corrected chi connectivity index (χ2v) is 7.33. The van der Waals surface area contributed by atoms with E-state index in [2.05, 4.69) is 10.4 Å². The minimum atomic E-state index is -3.25. The number of aromatic nitrogens is 2. The van der Waals surface area contributed by atoms with Crippen molar-refractivity contribution in [1.82, 2.24) is 15.1 Å². The maximum Gasteiger partial charge on any atom is 0.244 e. The van der Waals surface area contributed by atoms with Gasteiger partial charge < -0.3 is 5.32 Å². The molecule has 0 bridgehead atoms. The van der Waals surface area contributed by atoms with Crippen LogP contribution < -0.4 is 5.32 Å². The summed E-state index contributed by atoms with van der Waals surface area (Å²) in [6.45, 7) is 0.0887. The molecule has 0 saturated carbocycles. The van der Waals surface area contributed by atoms with Crippen LogP contribution in [0.15, 0.2) is 48.8 Å². The van der Waals surface area contributed by atoms with Crippen molar-refractivity contribution in [3.8, 4) is 0 Å². The molecule has 23 heavy (non-hydrogen) atoms. The summed E-state index contributed by atoms with van der Waals surface area (Å²) >= 11 is 0. The fourth-order valence-electron chi connectivity index (χ4n) is 1.99. The third-order valence-electron chi connectivity index (χ3n) is 3.09. The zero-order chi connectivity index (χ0) is 16.7. The van der Waals surface area contributed by atoms with E-state index < -0.39 is 9.84 Å². The van der Waals surface area contributed by atoms with E-state index >= 15 is 0 Å². The number of rotatable bonds is 7. The average molecular weight is 333 g/mol. The van der Waals surface area contributed by atoms with E-state index in [0.29, 0.717) is 0 Å². The lowest BCUT2D eigenvalue weighted by Crippen LogP contribution is -2.28. The van der Waals surface area contributed by atoms with Gasteiger partial charge in [0.05, 0.1) is 17.7 Å². The van der Waals surface area contributed by atoms with Gasteiger partial charge in [0.15, 0.2) is 9.84 Å². The van der Waals surface area contributed by atoms with Crippen molar-refractivity contribution < 1.29 is 13.2 Å². The minimum Gasteiger partial charge on any atom is -0.352 e. The second kappa shape index (κ2) is 7.73. The van der Waals surface area contributed by atoms with Crippen LogP contribution >= 0.6 is 0 Å². The quantitative estimate of drug-likeness (QED) is 0.771. The van der Waals surface area contributed by atoms with E-state index in [4.69, 9.17) is 0 Å². The van der Waals surface area contributed by atoms with Crippen molar-refractivity contribution in [1.29, 1.82) is 0 Å². The first-order valence-corrected chi connectivity index (χ1v) is 8.96. The van der Waals surface area contributed by atoms with Crippen molar-refractivity contribution in [2.75, 3.05) is 12.3 Å². The Balaban J connectivity index is 1.77. The van der Waals surface area contributed by atoms with Crippen LogP contribution in [0.5, 0.6) is 0 Å². The van der Waals surface area contributed by atoms with Crippen molar-refractivity contribution >= 4 is 21.8 Å². The van der Waals surface area contributed by atoms with Crippen molar-refractivity contribution in [2.24, 2.45) is 7.05 Å². The number of hydrogen-bond donors (Lipinski definition) is 1. The summed E-state index contributed by atoms with van der Waals surface area (Å²) in [4.78, 5) is 11.6. The standard InChI is InChI=1S/C16H19N3O3S/c1-19-12-15(11-18-19)7-8-16(20)17-9-10-23(21,22)13-14-5-3-2-4-6-14/h2-8,11-12H,9-10,13H2,1H3,(H,17,20)/b8-7-. The summed E-state index contributed by atoms with van der Waals surface area (Å²) in [5, 5.41) is 6.55. The first-order chi connectivity index (χ1) is 10.9. The van der Waals surface area contributed by atoms with Crippen LogP contribution in [0.4, 0.5) is 0 Å². The highest BCUT2D eigenvalue weighted by atomic mass is 32.2. The van der Waals surface area contributed by atoms with Crippen LogP contribution in [0.3, 0.4) is 0 Å². The van der Waals surface area contributed by atoms with E-state index in [-0.39, 0.29) is 24.0 Å². The molecule has 1 heterocycles. The minimum absolute atomic E-state index is 0.0186. The van der Waals surface area contributed by atoms with Gasteiger partial charge in [-0.15, -0.1) is 0 Å². The van der Waals surface area contributed by atoms with Crippen molar-refractivity contribution in [2.45, 2.75) is 5.75 Å². The predicted octanol–water partition coefficient (Wildman–Crippen LogP) is 1.16. The molecule has 0 aliphatic carbocycles. The number of amides is 1. The van der Waals surface area contributed by atoms with Crippen LogP contribution in [0.25, 0.3) is 6.08 Å². The summed E-state index contributed by atoms with van der Waals surface area (Å²) in [7, 11) is -1.46. The number of carbonyl (C=O) groups excluding carboxylic acids is 1. The van der Waals surface area contributed by atoms with Gasteiger partial charge in [0.2, 0.25) is 5.91 Å². The van der Waals surface area contributed by atoms with E-state index in [0.717, 1.165) is 11.1 Å². The third-order valence-corrected chi connectivity index (χ3v) is 4.69. The van der Waals surface area contributed by atoms with Gasteiger partial charge in [0.1, 0.15) is 0 Å². The molecule has 1 N–H and O–H groups in total. The van der Waals surface area contributed by atoms with Gasteiger partial charge in [0.25, 0.3) is 0 Å². The highest BCUT2D eigenvalue weighted by Gasteiger charge is 2.11. The lowest BCUT2D eigenvalue weighted by Gasteiger charge is -2.05. The molecule has 7 heteroatoms. The maximum atomic E-state index is 12.0. The largest absolute Gasteiger partial charge is 0.352 e. The SMILES string of the molecule is Cn1cc(/C=C\C(=O)NCCS(=O)(=O)Cc2ccccc2)cn1. The molecule has 0 aliphatic rings. The summed E-state index contributed by atoms with van der Waals surface area (Å²) in [5.74, 6) is -0.437. The van der Waals surface area contributed by atoms with Crippen LogP contribution in [-0.2, 0) is 27.4 Å². The number of benzene rings is 1.